The maximum absolute atomic E-state index is 12.7. The van der Waals surface area contributed by atoms with E-state index >= 15 is 0 Å². The summed E-state index contributed by atoms with van der Waals surface area (Å²) in [5.74, 6) is -0.293. The number of aliphatic hydroxyl groups is 1. The molecule has 3 unspecified atom stereocenters. The van der Waals surface area contributed by atoms with Crippen molar-refractivity contribution in [3.8, 4) is 0 Å². The summed E-state index contributed by atoms with van der Waals surface area (Å²) in [5.41, 5.74) is -1.99. The quantitative estimate of drug-likeness (QED) is 0.832. The molecule has 0 aromatic rings. The Kier molecular flexibility index (Phi) is 3.67. The van der Waals surface area contributed by atoms with Gasteiger partial charge in [0.1, 0.15) is 12.1 Å². The van der Waals surface area contributed by atoms with Crippen LogP contribution in [0.2, 0.25) is 0 Å². The molecular weight excluding hydrogens is 298 g/mol. The predicted octanol–water partition coefficient (Wildman–Crippen LogP) is 2.39. The maximum Gasteiger partial charge on any atom is 0.411 e. The number of aliphatic carboxylic acids is 1. The third kappa shape index (κ3) is 3.18. The zero-order valence-electron chi connectivity index (χ0n) is 14.2. The molecule has 2 N–H and O–H groups in total. The molecule has 6 heteroatoms. The number of amides is 1. The zero-order valence-corrected chi connectivity index (χ0v) is 14.2. The van der Waals surface area contributed by atoms with Crippen LogP contribution in [-0.4, -0.2) is 50.5 Å². The van der Waals surface area contributed by atoms with Gasteiger partial charge in [-0.3, -0.25) is 9.69 Å². The molecule has 4 fully saturated rings. The van der Waals surface area contributed by atoms with Gasteiger partial charge in [-0.1, -0.05) is 0 Å². The van der Waals surface area contributed by atoms with E-state index in [-0.39, 0.29) is 6.54 Å². The average molecular weight is 325 g/mol. The average Bonchev–Trinajstić information content (AvgIpc) is 2.30. The van der Waals surface area contributed by atoms with Gasteiger partial charge in [0.2, 0.25) is 0 Å². The molecule has 23 heavy (non-hydrogen) atoms. The number of carbonyl (C=O) groups excluding carboxylic acids is 1. The summed E-state index contributed by atoms with van der Waals surface area (Å²) in [4.78, 5) is 25.4. The Morgan fingerprint density at radius 2 is 1.74 bits per heavy atom. The first-order chi connectivity index (χ1) is 10.5. The van der Waals surface area contributed by atoms with Crippen LogP contribution in [0.4, 0.5) is 4.79 Å². The van der Waals surface area contributed by atoms with Gasteiger partial charge in [0.15, 0.2) is 0 Å². The lowest BCUT2D eigenvalue weighted by Gasteiger charge is -2.62. The molecule has 0 aromatic carbocycles. The minimum absolute atomic E-state index is 0.371. The lowest BCUT2D eigenvalue weighted by Crippen LogP contribution is -2.67. The van der Waals surface area contributed by atoms with Crippen molar-refractivity contribution in [1.29, 1.82) is 0 Å². The van der Waals surface area contributed by atoms with Gasteiger partial charge in [0.05, 0.1) is 11.1 Å². The monoisotopic (exact) mass is 325 g/mol. The van der Waals surface area contributed by atoms with Crippen LogP contribution in [0.15, 0.2) is 0 Å². The Morgan fingerprint density at radius 3 is 2.17 bits per heavy atom. The van der Waals surface area contributed by atoms with Crippen molar-refractivity contribution in [3.05, 3.63) is 0 Å². The van der Waals surface area contributed by atoms with Crippen LogP contribution in [0.25, 0.3) is 0 Å². The van der Waals surface area contributed by atoms with Crippen LogP contribution >= 0.6 is 0 Å². The molecule has 4 aliphatic carbocycles. The Morgan fingerprint density at radius 1 is 1.17 bits per heavy atom. The van der Waals surface area contributed by atoms with Crippen LogP contribution in [-0.2, 0) is 9.53 Å². The molecule has 0 saturated heterocycles. The molecule has 0 radical (unpaired) electrons. The van der Waals surface area contributed by atoms with Gasteiger partial charge >= 0.3 is 12.1 Å². The van der Waals surface area contributed by atoms with E-state index in [4.69, 9.17) is 4.74 Å². The number of carboxylic acids is 1. The highest BCUT2D eigenvalue weighted by atomic mass is 16.6. The number of hydrogen-bond acceptors (Lipinski definition) is 4. The molecule has 4 rings (SSSR count). The molecule has 1 amide bonds. The van der Waals surface area contributed by atoms with Gasteiger partial charge in [-0.2, -0.15) is 0 Å². The molecule has 4 atom stereocenters. The summed E-state index contributed by atoms with van der Waals surface area (Å²) in [7, 11) is 0. The van der Waals surface area contributed by atoms with Gasteiger partial charge in [-0.15, -0.1) is 0 Å². The van der Waals surface area contributed by atoms with E-state index in [0.717, 1.165) is 32.1 Å². The third-order valence-electron chi connectivity index (χ3n) is 5.48. The first-order valence-electron chi connectivity index (χ1n) is 8.45. The summed E-state index contributed by atoms with van der Waals surface area (Å²) in [6, 6.07) is 0. The summed E-state index contributed by atoms with van der Waals surface area (Å²) in [5, 5.41) is 20.1. The minimum Gasteiger partial charge on any atom is -0.480 e. The molecule has 0 spiro atoms. The number of rotatable bonds is 3. The molecule has 0 heterocycles. The second-order valence-electron chi connectivity index (χ2n) is 8.87. The number of nitrogens with zero attached hydrogens (tertiary/aromatic N) is 1. The van der Waals surface area contributed by atoms with Gasteiger partial charge in [0, 0.05) is 0 Å². The van der Waals surface area contributed by atoms with E-state index in [9.17, 15) is 19.8 Å². The number of carboxylic acid groups (broad SMARTS) is 1. The first-order valence-corrected chi connectivity index (χ1v) is 8.45. The highest BCUT2D eigenvalue weighted by molar-refractivity contribution is 5.77. The van der Waals surface area contributed by atoms with Crippen molar-refractivity contribution in [1.82, 2.24) is 4.90 Å². The fraction of sp³-hybridized carbons (Fsp3) is 0.882. The SMILES string of the molecule is CC(C)(C)OC(=O)N(CC(=O)O)C12CC3C[C@H](CC(O)(C3)C1)C2. The molecule has 0 aliphatic heterocycles. The van der Waals surface area contributed by atoms with Crippen LogP contribution in [0.5, 0.6) is 0 Å². The van der Waals surface area contributed by atoms with Crippen LogP contribution in [0, 0.1) is 11.8 Å². The normalized spacial score (nSPS) is 38.4. The van der Waals surface area contributed by atoms with Gasteiger partial charge in [-0.25, -0.2) is 4.79 Å². The number of carbonyl (C=O) groups is 2. The van der Waals surface area contributed by atoms with Crippen molar-refractivity contribution in [3.63, 3.8) is 0 Å². The summed E-state index contributed by atoms with van der Waals surface area (Å²) < 4.78 is 5.47. The first kappa shape index (κ1) is 16.6. The van der Waals surface area contributed by atoms with E-state index in [0.29, 0.717) is 18.3 Å². The summed E-state index contributed by atoms with van der Waals surface area (Å²) in [6.45, 7) is 4.95. The predicted molar refractivity (Wildman–Crippen MR) is 82.9 cm³/mol. The Labute approximate surface area is 136 Å². The van der Waals surface area contributed by atoms with Crippen LogP contribution < -0.4 is 0 Å². The van der Waals surface area contributed by atoms with Crippen LogP contribution in [0.3, 0.4) is 0 Å². The van der Waals surface area contributed by atoms with Crippen molar-refractivity contribution >= 4 is 12.1 Å². The highest BCUT2D eigenvalue weighted by Gasteiger charge is 2.60. The van der Waals surface area contributed by atoms with Crippen molar-refractivity contribution in [2.75, 3.05) is 6.54 Å². The lowest BCUT2D eigenvalue weighted by molar-refractivity contribution is -0.176. The maximum atomic E-state index is 12.7. The molecule has 0 aromatic heterocycles. The molecule has 4 saturated carbocycles. The van der Waals surface area contributed by atoms with Gasteiger partial charge < -0.3 is 14.9 Å². The fourth-order valence-electron chi connectivity index (χ4n) is 5.36. The van der Waals surface area contributed by atoms with Gasteiger partial charge in [0.25, 0.3) is 0 Å². The smallest absolute Gasteiger partial charge is 0.411 e. The summed E-state index contributed by atoms with van der Waals surface area (Å²) >= 11 is 0. The molecule has 130 valence electrons. The standard InChI is InChI=1S/C17H27NO5/c1-15(2,3)23-14(21)18(9-13(19)20)16-5-11-4-12(6-16)8-17(22,7-11)10-16/h11-12,22H,4-10H2,1-3H3,(H,19,20)/t11-,12?,16?,17?/m0/s1. The summed E-state index contributed by atoms with van der Waals surface area (Å²) in [6.07, 6.45) is 4.08. The van der Waals surface area contributed by atoms with E-state index in [2.05, 4.69) is 0 Å². The Hall–Kier alpha value is -1.30. The minimum atomic E-state index is -1.04. The van der Waals surface area contributed by atoms with E-state index in [1.807, 2.05) is 0 Å². The topological polar surface area (TPSA) is 87.1 Å². The highest BCUT2D eigenvalue weighted by Crippen LogP contribution is 2.59. The molecule has 4 aliphatic rings. The molecular formula is C17H27NO5. The largest absolute Gasteiger partial charge is 0.480 e. The Bertz CT molecular complexity index is 510. The molecule has 6 nitrogen and oxygen atoms in total. The number of hydrogen-bond donors (Lipinski definition) is 2. The second-order valence-corrected chi connectivity index (χ2v) is 8.87. The Balaban J connectivity index is 1.90. The van der Waals surface area contributed by atoms with E-state index in [1.54, 1.807) is 20.8 Å². The van der Waals surface area contributed by atoms with Crippen molar-refractivity contribution in [2.24, 2.45) is 11.8 Å². The fourth-order valence-corrected chi connectivity index (χ4v) is 5.36. The van der Waals surface area contributed by atoms with E-state index in [1.165, 1.54) is 4.90 Å². The lowest BCUT2D eigenvalue weighted by atomic mass is 9.50. The third-order valence-corrected chi connectivity index (χ3v) is 5.48. The van der Waals surface area contributed by atoms with Crippen LogP contribution in [0.1, 0.15) is 59.3 Å². The van der Waals surface area contributed by atoms with Gasteiger partial charge in [-0.05, 0) is 71.1 Å². The van der Waals surface area contributed by atoms with Crippen molar-refractivity contribution in [2.45, 2.75) is 76.0 Å². The number of ether oxygens (including phenoxy) is 1. The second kappa shape index (κ2) is 5.10. The molecule has 4 bridgehead atoms. The zero-order chi connectivity index (χ0) is 17.0. The van der Waals surface area contributed by atoms with Crippen molar-refractivity contribution < 1.29 is 24.5 Å². The van der Waals surface area contributed by atoms with E-state index < -0.39 is 28.8 Å².